The van der Waals surface area contributed by atoms with Gasteiger partial charge in [0, 0.05) is 12.3 Å². The quantitative estimate of drug-likeness (QED) is 0.708. The monoisotopic (exact) mass is 344 g/mol. The molecule has 0 saturated carbocycles. The molecule has 8 nitrogen and oxygen atoms in total. The van der Waals surface area contributed by atoms with Crippen LogP contribution >= 0.6 is 11.3 Å². The van der Waals surface area contributed by atoms with E-state index in [0.29, 0.717) is 21.3 Å². The number of amides is 1. The van der Waals surface area contributed by atoms with Crippen molar-refractivity contribution >= 4 is 29.0 Å². The van der Waals surface area contributed by atoms with E-state index in [0.717, 1.165) is 0 Å². The van der Waals surface area contributed by atoms with Gasteiger partial charge in [0.1, 0.15) is 16.1 Å². The molecule has 3 rings (SSSR count). The Bertz CT molecular complexity index is 846. The van der Waals surface area contributed by atoms with E-state index >= 15 is 0 Å². The van der Waals surface area contributed by atoms with Crippen LogP contribution in [0.2, 0.25) is 0 Å². The summed E-state index contributed by atoms with van der Waals surface area (Å²) < 4.78 is 9.60. The number of ether oxygens (including phenoxy) is 1. The van der Waals surface area contributed by atoms with Crippen LogP contribution < -0.4 is 5.32 Å². The number of anilines is 1. The highest BCUT2D eigenvalue weighted by molar-refractivity contribution is 7.17. The lowest BCUT2D eigenvalue weighted by Crippen LogP contribution is -2.21. The number of hydrogen-bond acceptors (Lipinski definition) is 8. The van der Waals surface area contributed by atoms with Gasteiger partial charge >= 0.3 is 5.97 Å². The first-order valence-electron chi connectivity index (χ1n) is 6.89. The molecule has 0 fully saturated rings. The Morgan fingerprint density at radius 2 is 2.21 bits per heavy atom. The number of carbonyl (C=O) groups excluding carboxylic acids is 2. The van der Waals surface area contributed by atoms with Gasteiger partial charge in [0.25, 0.3) is 5.91 Å². The molecule has 0 atom stereocenters. The minimum atomic E-state index is -0.609. The van der Waals surface area contributed by atoms with Crippen molar-refractivity contribution in [3.63, 3.8) is 0 Å². The fraction of sp³-hybridized carbons (Fsp3) is 0.133. The number of hydrogen-bond donors (Lipinski definition) is 1. The summed E-state index contributed by atoms with van der Waals surface area (Å²) in [5.74, 6) is -0.866. The van der Waals surface area contributed by atoms with Crippen molar-refractivity contribution < 1.29 is 18.8 Å². The average molecular weight is 344 g/mol. The lowest BCUT2D eigenvalue weighted by Gasteiger charge is -2.03. The number of thiazole rings is 1. The topological polar surface area (TPSA) is 107 Å². The highest BCUT2D eigenvalue weighted by atomic mass is 32.1. The number of aryl methyl sites for hydroxylation is 1. The van der Waals surface area contributed by atoms with Crippen LogP contribution in [0.5, 0.6) is 0 Å². The van der Waals surface area contributed by atoms with Crippen LogP contribution in [0.1, 0.15) is 15.4 Å². The highest BCUT2D eigenvalue weighted by Gasteiger charge is 2.19. The molecule has 122 valence electrons. The average Bonchev–Trinajstić information content (AvgIpc) is 3.23. The van der Waals surface area contributed by atoms with Gasteiger partial charge in [-0.25, -0.2) is 9.78 Å². The van der Waals surface area contributed by atoms with Crippen molar-refractivity contribution in [1.29, 1.82) is 0 Å². The molecule has 3 aromatic heterocycles. The van der Waals surface area contributed by atoms with E-state index in [1.54, 1.807) is 25.3 Å². The van der Waals surface area contributed by atoms with Crippen LogP contribution in [0, 0.1) is 6.92 Å². The Morgan fingerprint density at radius 3 is 2.92 bits per heavy atom. The lowest BCUT2D eigenvalue weighted by atomic mass is 10.3. The number of aromatic nitrogens is 3. The molecule has 3 aromatic rings. The van der Waals surface area contributed by atoms with E-state index < -0.39 is 18.5 Å². The van der Waals surface area contributed by atoms with Crippen molar-refractivity contribution in [2.75, 3.05) is 11.9 Å². The largest absolute Gasteiger partial charge is 0.451 e. The Hall–Kier alpha value is -3.07. The first kappa shape index (κ1) is 15.8. The molecule has 1 amide bonds. The molecule has 0 radical (unpaired) electrons. The van der Waals surface area contributed by atoms with Crippen LogP contribution in [0.3, 0.4) is 0 Å². The van der Waals surface area contributed by atoms with Crippen molar-refractivity contribution in [2.45, 2.75) is 6.92 Å². The number of rotatable bonds is 5. The van der Waals surface area contributed by atoms with Crippen molar-refractivity contribution in [3.05, 3.63) is 47.3 Å². The predicted molar refractivity (Wildman–Crippen MR) is 85.5 cm³/mol. The van der Waals surface area contributed by atoms with E-state index in [1.165, 1.54) is 23.7 Å². The van der Waals surface area contributed by atoms with Gasteiger partial charge in [0.05, 0.1) is 11.4 Å². The molecule has 9 heteroatoms. The first-order chi connectivity index (χ1) is 11.6. The van der Waals surface area contributed by atoms with Gasteiger partial charge in [-0.3, -0.25) is 9.78 Å². The zero-order chi connectivity index (χ0) is 16.9. The third-order valence-electron chi connectivity index (χ3n) is 2.91. The molecule has 0 unspecified atom stereocenters. The molecule has 3 heterocycles. The molecule has 1 N–H and O–H groups in total. The van der Waals surface area contributed by atoms with Crippen LogP contribution in [-0.4, -0.2) is 33.6 Å². The van der Waals surface area contributed by atoms with Gasteiger partial charge in [-0.1, -0.05) is 11.2 Å². The second-order valence-electron chi connectivity index (χ2n) is 4.66. The molecular weight excluding hydrogens is 332 g/mol. The summed E-state index contributed by atoms with van der Waals surface area (Å²) in [5.41, 5.74) is 1.20. The summed E-state index contributed by atoms with van der Waals surface area (Å²) >= 11 is 1.17. The second-order valence-corrected chi connectivity index (χ2v) is 5.66. The number of nitrogens with one attached hydrogen (secondary N) is 1. The maximum atomic E-state index is 12.1. The van der Waals surface area contributed by atoms with Gasteiger partial charge in [-0.2, -0.15) is 0 Å². The zero-order valence-corrected chi connectivity index (χ0v) is 13.4. The minimum absolute atomic E-state index is 0.252. The summed E-state index contributed by atoms with van der Waals surface area (Å²) in [7, 11) is 0. The fourth-order valence-electron chi connectivity index (χ4n) is 1.84. The van der Waals surface area contributed by atoms with E-state index in [2.05, 4.69) is 25.0 Å². The third-order valence-corrected chi connectivity index (χ3v) is 4.07. The van der Waals surface area contributed by atoms with E-state index in [-0.39, 0.29) is 5.82 Å². The van der Waals surface area contributed by atoms with E-state index in [1.807, 2.05) is 6.07 Å². The van der Waals surface area contributed by atoms with Gasteiger partial charge in [-0.15, -0.1) is 11.3 Å². The molecule has 0 aliphatic heterocycles. The predicted octanol–water partition coefficient (Wildman–Crippen LogP) is 2.30. The van der Waals surface area contributed by atoms with Crippen LogP contribution in [-0.2, 0) is 9.53 Å². The van der Waals surface area contributed by atoms with E-state index in [9.17, 15) is 9.59 Å². The summed E-state index contributed by atoms with van der Waals surface area (Å²) in [6, 6.07) is 6.92. The Balaban J connectivity index is 1.63. The normalized spacial score (nSPS) is 10.4. The summed E-state index contributed by atoms with van der Waals surface area (Å²) in [6.07, 6.45) is 2.97. The molecule has 0 aliphatic carbocycles. The van der Waals surface area contributed by atoms with E-state index in [4.69, 9.17) is 4.74 Å². The van der Waals surface area contributed by atoms with Crippen molar-refractivity contribution in [1.82, 2.24) is 15.1 Å². The Morgan fingerprint density at radius 1 is 1.33 bits per heavy atom. The summed E-state index contributed by atoms with van der Waals surface area (Å²) in [5, 5.41) is 6.58. The lowest BCUT2D eigenvalue weighted by molar-refractivity contribution is -0.119. The summed E-state index contributed by atoms with van der Waals surface area (Å²) in [6.45, 7) is 1.27. The Kier molecular flexibility index (Phi) is 4.62. The Labute approximate surface area is 140 Å². The molecule has 24 heavy (non-hydrogen) atoms. The smallest absolute Gasteiger partial charge is 0.350 e. The standard InChI is InChI=1S/C15H12N4O4S/c1-9-13(24-14(17-9)10-4-2-3-6-16-10)15(21)22-8-12(20)18-11-5-7-23-19-11/h2-7H,8H2,1H3,(H,18,19,20). The number of carbonyl (C=O) groups is 2. The third kappa shape index (κ3) is 3.63. The molecule has 0 aromatic carbocycles. The zero-order valence-electron chi connectivity index (χ0n) is 12.6. The maximum Gasteiger partial charge on any atom is 0.350 e. The van der Waals surface area contributed by atoms with Crippen molar-refractivity contribution in [2.24, 2.45) is 0 Å². The maximum absolute atomic E-state index is 12.1. The van der Waals surface area contributed by atoms with Crippen LogP contribution in [0.4, 0.5) is 5.82 Å². The minimum Gasteiger partial charge on any atom is -0.451 e. The number of esters is 1. The fourth-order valence-corrected chi connectivity index (χ4v) is 2.77. The molecule has 0 saturated heterocycles. The van der Waals surface area contributed by atoms with Gasteiger partial charge in [0.15, 0.2) is 12.4 Å². The first-order valence-corrected chi connectivity index (χ1v) is 7.71. The van der Waals surface area contributed by atoms with Crippen molar-refractivity contribution in [3.8, 4) is 10.7 Å². The number of pyridine rings is 1. The molecule has 0 bridgehead atoms. The SMILES string of the molecule is Cc1nc(-c2ccccn2)sc1C(=O)OCC(=O)Nc1ccon1. The highest BCUT2D eigenvalue weighted by Crippen LogP contribution is 2.26. The van der Waals surface area contributed by atoms with Gasteiger partial charge < -0.3 is 14.6 Å². The molecule has 0 spiro atoms. The van der Waals surface area contributed by atoms with Gasteiger partial charge in [0.2, 0.25) is 0 Å². The summed E-state index contributed by atoms with van der Waals surface area (Å²) in [4.78, 5) is 32.7. The molecular formula is C15H12N4O4S. The molecule has 0 aliphatic rings. The second kappa shape index (κ2) is 7.01. The van der Waals surface area contributed by atoms with Crippen LogP contribution in [0.25, 0.3) is 10.7 Å². The van der Waals surface area contributed by atoms with Gasteiger partial charge in [-0.05, 0) is 19.1 Å². The number of nitrogens with zero attached hydrogens (tertiary/aromatic N) is 3. The van der Waals surface area contributed by atoms with Crippen LogP contribution in [0.15, 0.2) is 41.2 Å².